The highest BCUT2D eigenvalue weighted by atomic mass is 16.6. The predicted octanol–water partition coefficient (Wildman–Crippen LogP) is 1.41. The van der Waals surface area contributed by atoms with Gasteiger partial charge in [0.2, 0.25) is 0 Å². The molecule has 0 heterocycles. The lowest BCUT2D eigenvalue weighted by atomic mass is 9.83. The zero-order valence-electron chi connectivity index (χ0n) is 10.3. The highest BCUT2D eigenvalue weighted by Crippen LogP contribution is 2.24. The second-order valence-corrected chi connectivity index (χ2v) is 5.38. The van der Waals surface area contributed by atoms with Gasteiger partial charge >= 0.3 is 5.97 Å². The lowest BCUT2D eigenvalue weighted by molar-refractivity contribution is -0.159. The van der Waals surface area contributed by atoms with E-state index in [0.29, 0.717) is 12.8 Å². The number of ketones is 1. The Morgan fingerprint density at radius 2 is 2.06 bits per heavy atom. The minimum Gasteiger partial charge on any atom is -0.459 e. The van der Waals surface area contributed by atoms with Crippen LogP contribution in [0.25, 0.3) is 0 Å². The van der Waals surface area contributed by atoms with E-state index in [1.807, 2.05) is 0 Å². The van der Waals surface area contributed by atoms with E-state index in [0.717, 1.165) is 12.8 Å². The number of carbonyl (C=O) groups excluding carboxylic acids is 2. The van der Waals surface area contributed by atoms with Gasteiger partial charge < -0.3 is 10.5 Å². The van der Waals surface area contributed by atoms with Gasteiger partial charge in [-0.1, -0.05) is 6.42 Å². The molecule has 1 aliphatic rings. The van der Waals surface area contributed by atoms with E-state index >= 15 is 0 Å². The minimum atomic E-state index is -0.799. The summed E-state index contributed by atoms with van der Waals surface area (Å²) in [6.07, 6.45) is 3.13. The standard InChI is InChI=1S/C12H21NO3/c1-12(2,3)16-11(15)10(13)8-6-4-5-7-9(8)14/h8,10H,4-7,13H2,1-3H3/t8-,10+/m1/s1. The monoisotopic (exact) mass is 227 g/mol. The van der Waals surface area contributed by atoms with Gasteiger partial charge in [0.25, 0.3) is 0 Å². The van der Waals surface area contributed by atoms with Crippen LogP contribution in [0, 0.1) is 5.92 Å². The summed E-state index contributed by atoms with van der Waals surface area (Å²) in [6.45, 7) is 5.38. The fourth-order valence-corrected chi connectivity index (χ4v) is 1.92. The Hall–Kier alpha value is -0.900. The fraction of sp³-hybridized carbons (Fsp3) is 0.833. The zero-order chi connectivity index (χ0) is 12.3. The van der Waals surface area contributed by atoms with Crippen LogP contribution in [0.4, 0.5) is 0 Å². The first-order valence-electron chi connectivity index (χ1n) is 5.82. The summed E-state index contributed by atoms with van der Waals surface area (Å²) >= 11 is 0. The van der Waals surface area contributed by atoms with Crippen molar-refractivity contribution in [2.24, 2.45) is 11.7 Å². The smallest absolute Gasteiger partial charge is 0.324 e. The maximum Gasteiger partial charge on any atom is 0.324 e. The molecule has 0 amide bonds. The maximum atomic E-state index is 11.7. The van der Waals surface area contributed by atoms with E-state index in [1.165, 1.54) is 0 Å². The first-order chi connectivity index (χ1) is 7.31. The predicted molar refractivity (Wildman–Crippen MR) is 60.8 cm³/mol. The van der Waals surface area contributed by atoms with Gasteiger partial charge in [-0.25, -0.2) is 0 Å². The molecule has 0 aromatic heterocycles. The number of nitrogens with two attached hydrogens (primary N) is 1. The average Bonchev–Trinajstić information content (AvgIpc) is 2.15. The van der Waals surface area contributed by atoms with Gasteiger partial charge in [-0.15, -0.1) is 0 Å². The largest absolute Gasteiger partial charge is 0.459 e. The number of ether oxygens (including phenoxy) is 1. The van der Waals surface area contributed by atoms with Crippen LogP contribution in [0.3, 0.4) is 0 Å². The second-order valence-electron chi connectivity index (χ2n) is 5.38. The minimum absolute atomic E-state index is 0.101. The van der Waals surface area contributed by atoms with Gasteiger partial charge in [0.15, 0.2) is 0 Å². The van der Waals surface area contributed by atoms with Gasteiger partial charge in [0.1, 0.15) is 17.4 Å². The molecule has 1 fully saturated rings. The molecule has 4 nitrogen and oxygen atoms in total. The fourth-order valence-electron chi connectivity index (χ4n) is 1.92. The first kappa shape index (κ1) is 13.2. The van der Waals surface area contributed by atoms with Crippen LogP contribution in [0.2, 0.25) is 0 Å². The summed E-state index contributed by atoms with van der Waals surface area (Å²) in [5.74, 6) is -0.707. The molecule has 1 rings (SSSR count). The first-order valence-corrected chi connectivity index (χ1v) is 5.82. The van der Waals surface area contributed by atoms with Crippen molar-refractivity contribution in [1.82, 2.24) is 0 Å². The van der Waals surface area contributed by atoms with E-state index in [1.54, 1.807) is 20.8 Å². The Morgan fingerprint density at radius 3 is 2.56 bits per heavy atom. The van der Waals surface area contributed by atoms with E-state index in [2.05, 4.69) is 0 Å². The summed E-state index contributed by atoms with van der Waals surface area (Å²) < 4.78 is 5.18. The Kier molecular flexibility index (Phi) is 4.08. The van der Waals surface area contributed by atoms with Crippen molar-refractivity contribution in [1.29, 1.82) is 0 Å². The number of hydrogen-bond acceptors (Lipinski definition) is 4. The van der Waals surface area contributed by atoms with Crippen molar-refractivity contribution in [3.8, 4) is 0 Å². The molecule has 1 saturated carbocycles. The van der Waals surface area contributed by atoms with Crippen LogP contribution in [0.1, 0.15) is 46.5 Å². The Balaban J connectivity index is 2.59. The van der Waals surface area contributed by atoms with Crippen molar-refractivity contribution in [2.45, 2.75) is 58.1 Å². The SMILES string of the molecule is CC(C)(C)OC(=O)[C@@H](N)[C@@H]1CCCCC1=O. The maximum absolute atomic E-state index is 11.7. The number of rotatable bonds is 2. The van der Waals surface area contributed by atoms with Gasteiger partial charge in [-0.2, -0.15) is 0 Å². The van der Waals surface area contributed by atoms with E-state index < -0.39 is 17.6 Å². The zero-order valence-corrected chi connectivity index (χ0v) is 10.3. The molecule has 4 heteroatoms. The molecule has 2 N–H and O–H groups in total. The lowest BCUT2D eigenvalue weighted by Gasteiger charge is -2.28. The molecule has 0 radical (unpaired) electrons. The number of hydrogen-bond donors (Lipinski definition) is 1. The van der Waals surface area contributed by atoms with Crippen LogP contribution in [-0.4, -0.2) is 23.4 Å². The third kappa shape index (κ3) is 3.59. The highest BCUT2D eigenvalue weighted by molar-refractivity contribution is 5.89. The van der Waals surface area contributed by atoms with Crippen molar-refractivity contribution in [3.05, 3.63) is 0 Å². The Morgan fingerprint density at radius 1 is 1.44 bits per heavy atom. The van der Waals surface area contributed by atoms with Crippen molar-refractivity contribution in [2.75, 3.05) is 0 Å². The molecule has 0 spiro atoms. The van der Waals surface area contributed by atoms with Crippen LogP contribution in [0.5, 0.6) is 0 Å². The quantitative estimate of drug-likeness (QED) is 0.724. The summed E-state index contributed by atoms with van der Waals surface area (Å²) in [6, 6.07) is -0.799. The van der Waals surface area contributed by atoms with Crippen molar-refractivity contribution >= 4 is 11.8 Å². The molecular formula is C12H21NO3. The summed E-state index contributed by atoms with van der Waals surface area (Å²) in [5, 5.41) is 0. The molecule has 92 valence electrons. The van der Waals surface area contributed by atoms with Gasteiger partial charge in [0.05, 0.1) is 0 Å². The topological polar surface area (TPSA) is 69.4 Å². The van der Waals surface area contributed by atoms with Crippen LogP contribution in [0.15, 0.2) is 0 Å². The van der Waals surface area contributed by atoms with Crippen LogP contribution in [-0.2, 0) is 14.3 Å². The van der Waals surface area contributed by atoms with Gasteiger partial charge in [-0.05, 0) is 33.6 Å². The van der Waals surface area contributed by atoms with E-state index in [9.17, 15) is 9.59 Å². The summed E-state index contributed by atoms with van der Waals surface area (Å²) in [4.78, 5) is 23.3. The molecule has 2 atom stereocenters. The van der Waals surface area contributed by atoms with Crippen molar-refractivity contribution in [3.63, 3.8) is 0 Å². The number of esters is 1. The molecule has 1 aliphatic carbocycles. The molecule has 0 unspecified atom stereocenters. The third-order valence-electron chi connectivity index (χ3n) is 2.71. The van der Waals surface area contributed by atoms with Crippen molar-refractivity contribution < 1.29 is 14.3 Å². The molecule has 0 aromatic carbocycles. The molecule has 0 aliphatic heterocycles. The third-order valence-corrected chi connectivity index (χ3v) is 2.71. The van der Waals surface area contributed by atoms with E-state index in [-0.39, 0.29) is 11.7 Å². The molecule has 0 aromatic rings. The summed E-state index contributed by atoms with van der Waals surface area (Å²) in [7, 11) is 0. The van der Waals surface area contributed by atoms with Gasteiger partial charge in [0, 0.05) is 12.3 Å². The Bertz CT molecular complexity index is 280. The average molecular weight is 227 g/mol. The molecule has 16 heavy (non-hydrogen) atoms. The number of Topliss-reactive ketones (excluding diaryl/α,β-unsaturated/α-hetero) is 1. The Labute approximate surface area is 96.5 Å². The highest BCUT2D eigenvalue weighted by Gasteiger charge is 2.34. The van der Waals surface area contributed by atoms with Crippen LogP contribution < -0.4 is 5.73 Å². The molecule has 0 saturated heterocycles. The summed E-state index contributed by atoms with van der Waals surface area (Å²) in [5.41, 5.74) is 5.24. The normalized spacial score (nSPS) is 24.0. The number of carbonyl (C=O) groups is 2. The molecular weight excluding hydrogens is 206 g/mol. The van der Waals surface area contributed by atoms with Gasteiger partial charge in [-0.3, -0.25) is 9.59 Å². The lowest BCUT2D eigenvalue weighted by Crippen LogP contribution is -2.46. The van der Waals surface area contributed by atoms with E-state index in [4.69, 9.17) is 10.5 Å². The second kappa shape index (κ2) is 4.95. The van der Waals surface area contributed by atoms with Crippen LogP contribution >= 0.6 is 0 Å². The molecule has 0 bridgehead atoms.